The molecule has 1 aromatic carbocycles. The number of alkyl halides is 2. The summed E-state index contributed by atoms with van der Waals surface area (Å²) in [6, 6.07) is 4.02. The molecule has 2 rings (SSSR count). The summed E-state index contributed by atoms with van der Waals surface area (Å²) in [5, 5.41) is 0. The normalized spacial score (nSPS) is 12.7. The summed E-state index contributed by atoms with van der Waals surface area (Å²) in [5.74, 6) is -0.594. The van der Waals surface area contributed by atoms with Crippen molar-refractivity contribution in [2.75, 3.05) is 0 Å². The Kier molecular flexibility index (Phi) is 4.29. The van der Waals surface area contributed by atoms with Gasteiger partial charge in [0.05, 0.1) is 0 Å². The summed E-state index contributed by atoms with van der Waals surface area (Å²) in [6.07, 6.45) is 2.37. The topological polar surface area (TPSA) is 53.1 Å². The number of benzene rings is 1. The van der Waals surface area contributed by atoms with Gasteiger partial charge < -0.3 is 10.5 Å². The molecule has 0 saturated carbocycles. The maximum atomic E-state index is 13.7. The summed E-state index contributed by atoms with van der Waals surface area (Å²) in [6.45, 7) is -1.22. The summed E-state index contributed by atoms with van der Waals surface area (Å²) < 4.78 is 44.8. The zero-order valence-corrected chi connectivity index (χ0v) is 10.8. The van der Waals surface area contributed by atoms with Gasteiger partial charge in [-0.3, -0.25) is 4.57 Å². The first-order valence-electron chi connectivity index (χ1n) is 5.96. The molecule has 7 heteroatoms. The third kappa shape index (κ3) is 3.11. The van der Waals surface area contributed by atoms with Crippen molar-refractivity contribution in [2.24, 2.45) is 5.73 Å². The highest BCUT2D eigenvalue weighted by Gasteiger charge is 2.13. The Hall–Kier alpha value is -2.02. The molecule has 0 radical (unpaired) electrons. The molecule has 1 aromatic heterocycles. The molecule has 2 aromatic rings. The molecule has 0 aliphatic heterocycles. The van der Waals surface area contributed by atoms with Gasteiger partial charge in [0.25, 0.3) is 0 Å². The van der Waals surface area contributed by atoms with Crippen molar-refractivity contribution >= 4 is 0 Å². The fraction of sp³-hybridized carbons (Fsp3) is 0.308. The third-order valence-corrected chi connectivity index (χ3v) is 2.80. The predicted molar refractivity (Wildman–Crippen MR) is 66.8 cm³/mol. The van der Waals surface area contributed by atoms with E-state index in [1.165, 1.54) is 18.3 Å². The van der Waals surface area contributed by atoms with Gasteiger partial charge in [0.15, 0.2) is 17.4 Å². The second-order valence-corrected chi connectivity index (χ2v) is 4.30. The Balaban J connectivity index is 2.09. The van der Waals surface area contributed by atoms with Crippen molar-refractivity contribution in [1.82, 2.24) is 9.55 Å². The Labute approximate surface area is 114 Å². The van der Waals surface area contributed by atoms with Gasteiger partial charge in [0, 0.05) is 18.4 Å². The number of hydrogen-bond acceptors (Lipinski definition) is 3. The summed E-state index contributed by atoms with van der Waals surface area (Å²) in [4.78, 5) is 3.74. The molecule has 0 aliphatic rings. The second-order valence-electron chi connectivity index (χ2n) is 4.30. The van der Waals surface area contributed by atoms with Crippen LogP contribution in [0, 0.1) is 5.82 Å². The van der Waals surface area contributed by atoms with Crippen molar-refractivity contribution in [3.8, 4) is 5.75 Å². The van der Waals surface area contributed by atoms with E-state index in [2.05, 4.69) is 4.98 Å². The number of rotatable bonds is 5. The van der Waals surface area contributed by atoms with Crippen molar-refractivity contribution in [2.45, 2.75) is 26.1 Å². The average Bonchev–Trinajstić information content (AvgIpc) is 2.85. The van der Waals surface area contributed by atoms with Crippen LogP contribution >= 0.6 is 0 Å². The van der Waals surface area contributed by atoms with E-state index in [1.54, 1.807) is 13.0 Å². The van der Waals surface area contributed by atoms with Crippen LogP contribution in [0.5, 0.6) is 5.75 Å². The van der Waals surface area contributed by atoms with Gasteiger partial charge in [-0.1, -0.05) is 6.07 Å². The van der Waals surface area contributed by atoms with E-state index in [0.717, 1.165) is 6.20 Å². The van der Waals surface area contributed by atoms with Crippen molar-refractivity contribution in [3.63, 3.8) is 0 Å². The van der Waals surface area contributed by atoms with Gasteiger partial charge in [-0.05, 0) is 24.6 Å². The quantitative estimate of drug-likeness (QED) is 0.918. The Bertz CT molecular complexity index is 584. The molecule has 0 spiro atoms. The molecule has 2 N–H and O–H groups in total. The number of halogens is 3. The first-order chi connectivity index (χ1) is 9.49. The number of nitrogens with zero attached hydrogens (tertiary/aromatic N) is 2. The van der Waals surface area contributed by atoms with Crippen LogP contribution in [-0.4, -0.2) is 9.55 Å². The molecule has 1 atom stereocenters. The summed E-state index contributed by atoms with van der Waals surface area (Å²) in [5.41, 5.74) is 6.26. The zero-order chi connectivity index (χ0) is 14.7. The van der Waals surface area contributed by atoms with Crippen molar-refractivity contribution in [3.05, 3.63) is 47.8 Å². The minimum Gasteiger partial charge on any atom is -0.483 e. The molecule has 20 heavy (non-hydrogen) atoms. The molecule has 0 aliphatic carbocycles. The van der Waals surface area contributed by atoms with E-state index in [-0.39, 0.29) is 24.2 Å². The van der Waals surface area contributed by atoms with Gasteiger partial charge >= 0.3 is 6.55 Å². The van der Waals surface area contributed by atoms with Crippen molar-refractivity contribution < 1.29 is 17.9 Å². The van der Waals surface area contributed by atoms with Crippen LogP contribution in [0.4, 0.5) is 13.2 Å². The fourth-order valence-corrected chi connectivity index (χ4v) is 1.69. The molecule has 0 amide bonds. The summed E-state index contributed by atoms with van der Waals surface area (Å²) >= 11 is 0. The molecular formula is C13H14F3N3O. The summed E-state index contributed by atoms with van der Waals surface area (Å²) in [7, 11) is 0. The maximum Gasteiger partial charge on any atom is 0.320 e. The Morgan fingerprint density at radius 2 is 2.15 bits per heavy atom. The van der Waals surface area contributed by atoms with Gasteiger partial charge in [-0.15, -0.1) is 0 Å². The van der Waals surface area contributed by atoms with E-state index in [9.17, 15) is 13.2 Å². The largest absolute Gasteiger partial charge is 0.483 e. The molecule has 4 nitrogen and oxygen atoms in total. The number of nitrogens with two attached hydrogens (primary N) is 1. The highest BCUT2D eigenvalue weighted by atomic mass is 19.3. The molecule has 108 valence electrons. The van der Waals surface area contributed by atoms with Crippen LogP contribution in [-0.2, 0) is 6.61 Å². The maximum absolute atomic E-state index is 13.7. The molecule has 0 saturated heterocycles. The van der Waals surface area contributed by atoms with Crippen molar-refractivity contribution in [1.29, 1.82) is 0 Å². The lowest BCUT2D eigenvalue weighted by Crippen LogP contribution is -2.09. The van der Waals surface area contributed by atoms with Gasteiger partial charge in [0.1, 0.15) is 6.61 Å². The van der Waals surface area contributed by atoms with Crippen LogP contribution < -0.4 is 10.5 Å². The number of imidazole rings is 1. The Morgan fingerprint density at radius 3 is 2.75 bits per heavy atom. The highest BCUT2D eigenvalue weighted by molar-refractivity contribution is 5.30. The first-order valence-corrected chi connectivity index (χ1v) is 5.96. The van der Waals surface area contributed by atoms with E-state index in [4.69, 9.17) is 10.5 Å². The van der Waals surface area contributed by atoms with E-state index >= 15 is 0 Å². The number of aromatic nitrogens is 2. The average molecular weight is 285 g/mol. The predicted octanol–water partition coefficient (Wildman–Crippen LogP) is 3.02. The third-order valence-electron chi connectivity index (χ3n) is 2.80. The molecule has 0 bridgehead atoms. The SMILES string of the molecule is C[C@H](N)c1ccc(OCc2nccn2C(F)F)c(F)c1. The lowest BCUT2D eigenvalue weighted by Gasteiger charge is -2.11. The molecule has 0 unspecified atom stereocenters. The smallest absolute Gasteiger partial charge is 0.320 e. The lowest BCUT2D eigenvalue weighted by atomic mass is 10.1. The fourth-order valence-electron chi connectivity index (χ4n) is 1.69. The molecule has 1 heterocycles. The first kappa shape index (κ1) is 14.4. The minimum absolute atomic E-state index is 0.0238. The van der Waals surface area contributed by atoms with E-state index in [0.29, 0.717) is 10.1 Å². The lowest BCUT2D eigenvalue weighted by molar-refractivity contribution is 0.0631. The van der Waals surface area contributed by atoms with Crippen LogP contribution in [0.15, 0.2) is 30.6 Å². The number of ether oxygens (including phenoxy) is 1. The van der Waals surface area contributed by atoms with Crippen LogP contribution in [0.2, 0.25) is 0 Å². The molecule has 0 fully saturated rings. The second kappa shape index (κ2) is 5.96. The van der Waals surface area contributed by atoms with Gasteiger partial charge in [-0.2, -0.15) is 8.78 Å². The van der Waals surface area contributed by atoms with Crippen LogP contribution in [0.1, 0.15) is 30.9 Å². The molecular weight excluding hydrogens is 271 g/mol. The standard InChI is InChI=1S/C13H14F3N3O/c1-8(17)9-2-3-11(10(14)6-9)20-7-12-18-4-5-19(12)13(15)16/h2-6,8,13H,7,17H2,1H3/t8-/m0/s1. The number of hydrogen-bond donors (Lipinski definition) is 1. The van der Waals surface area contributed by atoms with Gasteiger partial charge in [0.2, 0.25) is 0 Å². The van der Waals surface area contributed by atoms with E-state index in [1.807, 2.05) is 0 Å². The van der Waals surface area contributed by atoms with E-state index < -0.39 is 12.4 Å². The highest BCUT2D eigenvalue weighted by Crippen LogP contribution is 2.22. The van der Waals surface area contributed by atoms with Crippen LogP contribution in [0.25, 0.3) is 0 Å². The zero-order valence-electron chi connectivity index (χ0n) is 10.8. The Morgan fingerprint density at radius 1 is 1.40 bits per heavy atom. The monoisotopic (exact) mass is 285 g/mol. The van der Waals surface area contributed by atoms with Crippen LogP contribution in [0.3, 0.4) is 0 Å². The van der Waals surface area contributed by atoms with Gasteiger partial charge in [-0.25, -0.2) is 9.37 Å². The minimum atomic E-state index is -2.71.